The molecule has 2 fully saturated rings. The van der Waals surface area contributed by atoms with Crippen molar-refractivity contribution >= 4 is 17.2 Å². The number of nitrogens with zero attached hydrogens (tertiary/aromatic N) is 2. The minimum atomic E-state index is 0.0977. The summed E-state index contributed by atoms with van der Waals surface area (Å²) in [6.07, 6.45) is 6.34. The molecule has 1 aliphatic carbocycles. The molecule has 0 bridgehead atoms. The van der Waals surface area contributed by atoms with Crippen molar-refractivity contribution in [2.75, 3.05) is 18.0 Å². The molecule has 1 aliphatic heterocycles. The summed E-state index contributed by atoms with van der Waals surface area (Å²) in [7, 11) is 0. The number of piperidine rings is 1. The summed E-state index contributed by atoms with van der Waals surface area (Å²) in [5.41, 5.74) is 12.5. The minimum absolute atomic E-state index is 0.0977. The van der Waals surface area contributed by atoms with Crippen molar-refractivity contribution in [1.82, 2.24) is 0 Å². The van der Waals surface area contributed by atoms with Gasteiger partial charge in [-0.15, -0.1) is 0 Å². The maximum atomic E-state index is 13.1. The number of rotatable bonds is 9. The molecular formula is C31H41N3O. The number of anilines is 1. The molecule has 1 heterocycles. The number of nitrogens with two attached hydrogens (primary N) is 1. The Labute approximate surface area is 211 Å². The maximum absolute atomic E-state index is 13.1. The van der Waals surface area contributed by atoms with E-state index in [1.54, 1.807) is 0 Å². The van der Waals surface area contributed by atoms with Crippen LogP contribution in [0.3, 0.4) is 0 Å². The van der Waals surface area contributed by atoms with Crippen molar-refractivity contribution < 1.29 is 4.79 Å². The summed E-state index contributed by atoms with van der Waals surface area (Å²) in [6.45, 7) is 10.5. The van der Waals surface area contributed by atoms with Crippen molar-refractivity contribution in [3.8, 4) is 0 Å². The Morgan fingerprint density at radius 1 is 1.14 bits per heavy atom. The first-order valence-electron chi connectivity index (χ1n) is 13.3. The largest absolute Gasteiger partial charge is 0.371 e. The fourth-order valence-corrected chi connectivity index (χ4v) is 5.41. The number of carbonyl (C=O) groups is 1. The zero-order chi connectivity index (χ0) is 24.9. The van der Waals surface area contributed by atoms with Gasteiger partial charge in [-0.1, -0.05) is 56.3 Å². The zero-order valence-corrected chi connectivity index (χ0v) is 21.8. The smallest absolute Gasteiger partial charge is 0.181 e. The third kappa shape index (κ3) is 6.29. The number of carbonyl (C=O) groups excluding carboxylic acids is 1. The lowest BCUT2D eigenvalue weighted by Crippen LogP contribution is -2.40. The number of Topliss-reactive ketones (excluding diaryl/α,β-unsaturated/α-hetero) is 1. The second-order valence-electron chi connectivity index (χ2n) is 10.6. The Morgan fingerprint density at radius 2 is 1.89 bits per heavy atom. The third-order valence-corrected chi connectivity index (χ3v) is 7.77. The number of ketones is 1. The summed E-state index contributed by atoms with van der Waals surface area (Å²) in [6, 6.07) is 17.5. The van der Waals surface area contributed by atoms with Crippen molar-refractivity contribution in [2.45, 2.75) is 71.8 Å². The molecule has 4 rings (SSSR count). The quantitative estimate of drug-likeness (QED) is 0.345. The zero-order valence-electron chi connectivity index (χ0n) is 21.8. The van der Waals surface area contributed by atoms with Gasteiger partial charge in [-0.3, -0.25) is 4.79 Å². The topological polar surface area (TPSA) is 58.7 Å². The van der Waals surface area contributed by atoms with Crippen LogP contribution >= 0.6 is 0 Å². The van der Waals surface area contributed by atoms with Crippen molar-refractivity contribution in [1.29, 1.82) is 0 Å². The lowest BCUT2D eigenvalue weighted by atomic mass is 9.99. The molecule has 1 saturated heterocycles. The highest BCUT2D eigenvalue weighted by Crippen LogP contribution is 2.51. The molecule has 0 radical (unpaired) electrons. The van der Waals surface area contributed by atoms with E-state index in [2.05, 4.69) is 67.3 Å². The number of hydrogen-bond acceptors (Lipinski definition) is 4. The summed E-state index contributed by atoms with van der Waals surface area (Å²) >= 11 is 0. The SMILES string of the molecule is C/C=C(\N=C(/C)c1cccc(C2CC2C(C)C)c1)C(=O)CCc1ccccc1N1CCC(N)CC1. The van der Waals surface area contributed by atoms with E-state index in [-0.39, 0.29) is 5.78 Å². The number of para-hydroxylation sites is 1. The molecule has 2 atom stereocenters. The molecule has 2 unspecified atom stereocenters. The molecule has 0 aromatic heterocycles. The van der Waals surface area contributed by atoms with Crippen LogP contribution in [0.1, 0.15) is 76.0 Å². The molecule has 2 aliphatic rings. The first-order chi connectivity index (χ1) is 16.9. The van der Waals surface area contributed by atoms with Crippen LogP contribution in [0.2, 0.25) is 0 Å². The molecule has 0 amide bonds. The van der Waals surface area contributed by atoms with Crippen LogP contribution < -0.4 is 10.6 Å². The number of aryl methyl sites for hydroxylation is 1. The van der Waals surface area contributed by atoms with Gasteiger partial charge in [0.15, 0.2) is 5.78 Å². The van der Waals surface area contributed by atoms with Crippen LogP contribution in [0.15, 0.2) is 65.3 Å². The number of aliphatic imine (C=N–C) groups is 1. The first kappa shape index (κ1) is 25.4. The molecule has 2 N–H and O–H groups in total. The van der Waals surface area contributed by atoms with E-state index in [1.165, 1.54) is 23.2 Å². The van der Waals surface area contributed by atoms with Gasteiger partial charge in [-0.05, 0) is 86.1 Å². The van der Waals surface area contributed by atoms with Gasteiger partial charge in [0.2, 0.25) is 0 Å². The molecule has 186 valence electrons. The Balaban J connectivity index is 1.41. The summed E-state index contributed by atoms with van der Waals surface area (Å²) < 4.78 is 0. The molecular weight excluding hydrogens is 430 g/mol. The Bertz CT molecular complexity index is 1090. The van der Waals surface area contributed by atoms with Gasteiger partial charge in [0, 0.05) is 37.0 Å². The second-order valence-corrected chi connectivity index (χ2v) is 10.6. The second kappa shape index (κ2) is 11.3. The lowest BCUT2D eigenvalue weighted by Gasteiger charge is -2.33. The van der Waals surface area contributed by atoms with Crippen molar-refractivity contribution in [3.63, 3.8) is 0 Å². The van der Waals surface area contributed by atoms with E-state index in [0.29, 0.717) is 24.1 Å². The van der Waals surface area contributed by atoms with E-state index in [9.17, 15) is 4.79 Å². The van der Waals surface area contributed by atoms with Crippen LogP contribution in [0, 0.1) is 11.8 Å². The third-order valence-electron chi connectivity index (χ3n) is 7.77. The number of allylic oxidation sites excluding steroid dienone is 2. The van der Waals surface area contributed by atoms with Crippen LogP contribution in [0.25, 0.3) is 0 Å². The molecule has 2 aromatic carbocycles. The summed E-state index contributed by atoms with van der Waals surface area (Å²) in [5, 5.41) is 0. The predicted molar refractivity (Wildman–Crippen MR) is 147 cm³/mol. The summed E-state index contributed by atoms with van der Waals surface area (Å²) in [4.78, 5) is 20.3. The van der Waals surface area contributed by atoms with Crippen LogP contribution in [0.5, 0.6) is 0 Å². The summed E-state index contributed by atoms with van der Waals surface area (Å²) in [5.74, 6) is 2.28. The van der Waals surface area contributed by atoms with Crippen LogP contribution in [0.4, 0.5) is 5.69 Å². The molecule has 1 saturated carbocycles. The monoisotopic (exact) mass is 471 g/mol. The molecule has 4 nitrogen and oxygen atoms in total. The van der Waals surface area contributed by atoms with Gasteiger partial charge in [0.1, 0.15) is 5.70 Å². The number of hydrogen-bond donors (Lipinski definition) is 1. The lowest BCUT2D eigenvalue weighted by molar-refractivity contribution is -0.115. The maximum Gasteiger partial charge on any atom is 0.181 e. The van der Waals surface area contributed by atoms with Gasteiger partial charge in [0.05, 0.1) is 0 Å². The average Bonchev–Trinajstić information content (AvgIpc) is 3.68. The van der Waals surface area contributed by atoms with Crippen molar-refractivity contribution in [3.05, 3.63) is 77.0 Å². The molecule has 2 aromatic rings. The Kier molecular flexibility index (Phi) is 8.22. The van der Waals surface area contributed by atoms with Crippen LogP contribution in [-0.2, 0) is 11.2 Å². The Morgan fingerprint density at radius 3 is 2.57 bits per heavy atom. The van der Waals surface area contributed by atoms with Gasteiger partial charge in [-0.2, -0.15) is 0 Å². The van der Waals surface area contributed by atoms with E-state index in [4.69, 9.17) is 10.7 Å². The van der Waals surface area contributed by atoms with Gasteiger partial charge >= 0.3 is 0 Å². The van der Waals surface area contributed by atoms with E-state index in [1.807, 2.05) is 19.9 Å². The average molecular weight is 472 g/mol. The highest BCUT2D eigenvalue weighted by molar-refractivity contribution is 6.04. The van der Waals surface area contributed by atoms with E-state index in [0.717, 1.165) is 55.5 Å². The highest BCUT2D eigenvalue weighted by atomic mass is 16.1. The first-order valence-corrected chi connectivity index (χ1v) is 13.3. The van der Waals surface area contributed by atoms with E-state index < -0.39 is 0 Å². The fraction of sp³-hybridized carbons (Fsp3) is 0.484. The predicted octanol–water partition coefficient (Wildman–Crippen LogP) is 6.29. The Hall–Kier alpha value is -2.72. The highest BCUT2D eigenvalue weighted by Gasteiger charge is 2.40. The molecule has 35 heavy (non-hydrogen) atoms. The number of benzene rings is 2. The normalized spacial score (nSPS) is 21.5. The van der Waals surface area contributed by atoms with E-state index >= 15 is 0 Å². The van der Waals surface area contributed by atoms with Crippen molar-refractivity contribution in [2.24, 2.45) is 22.6 Å². The molecule has 4 heteroatoms. The standard InChI is InChI=1S/C31H41N3O/c1-5-29(33-22(4)24-10-8-11-25(19-24)28-20-27(28)21(2)3)31(35)14-13-23-9-6-7-12-30(23)34-17-15-26(32)16-18-34/h5-12,19,21,26-28H,13-18,20,32H2,1-4H3/b29-5-,33-22+. The fourth-order valence-electron chi connectivity index (χ4n) is 5.41. The van der Waals surface area contributed by atoms with Gasteiger partial charge in [-0.25, -0.2) is 4.99 Å². The van der Waals surface area contributed by atoms with Gasteiger partial charge in [0.25, 0.3) is 0 Å². The van der Waals surface area contributed by atoms with Gasteiger partial charge < -0.3 is 10.6 Å². The van der Waals surface area contributed by atoms with Crippen LogP contribution in [-0.4, -0.2) is 30.6 Å². The minimum Gasteiger partial charge on any atom is -0.371 e. The molecule has 0 spiro atoms.